The van der Waals surface area contributed by atoms with Crippen LogP contribution in [0.5, 0.6) is 0 Å². The van der Waals surface area contributed by atoms with Gasteiger partial charge in [-0.1, -0.05) is 20.3 Å². The van der Waals surface area contributed by atoms with E-state index in [2.05, 4.69) is 10.6 Å². The maximum atomic E-state index is 12.2. The van der Waals surface area contributed by atoms with Gasteiger partial charge in [0.05, 0.1) is 5.41 Å². The van der Waals surface area contributed by atoms with Gasteiger partial charge in [0.1, 0.15) is 6.04 Å². The molecule has 3 unspecified atom stereocenters. The van der Waals surface area contributed by atoms with Gasteiger partial charge in [0, 0.05) is 6.04 Å². The second kappa shape index (κ2) is 6.11. The molecule has 0 aromatic heterocycles. The van der Waals surface area contributed by atoms with E-state index in [1.807, 2.05) is 0 Å². The van der Waals surface area contributed by atoms with Crippen molar-refractivity contribution in [3.05, 3.63) is 0 Å². The molecule has 1 aliphatic carbocycles. The van der Waals surface area contributed by atoms with Crippen molar-refractivity contribution >= 4 is 17.9 Å². The maximum Gasteiger partial charge on any atom is 0.312 e. The average molecular weight is 285 g/mol. The SMILES string of the molecule is CC(C)C(NC(N)=O)C(=O)NC1CCCC1(C)C(=O)O. The summed E-state index contributed by atoms with van der Waals surface area (Å²) in [7, 11) is 0. The lowest BCUT2D eigenvalue weighted by atomic mass is 9.84. The maximum absolute atomic E-state index is 12.2. The zero-order chi connectivity index (χ0) is 15.5. The number of urea groups is 1. The van der Waals surface area contributed by atoms with Crippen LogP contribution in [0.15, 0.2) is 0 Å². The second-order valence-corrected chi connectivity index (χ2v) is 5.91. The molecule has 1 rings (SSSR count). The van der Waals surface area contributed by atoms with Crippen LogP contribution in [0.1, 0.15) is 40.0 Å². The summed E-state index contributed by atoms with van der Waals surface area (Å²) >= 11 is 0. The van der Waals surface area contributed by atoms with Crippen LogP contribution in [-0.2, 0) is 9.59 Å². The fourth-order valence-electron chi connectivity index (χ4n) is 2.60. The van der Waals surface area contributed by atoms with Crippen LogP contribution >= 0.6 is 0 Å². The first-order valence-corrected chi connectivity index (χ1v) is 6.78. The number of aliphatic carboxylic acids is 1. The fraction of sp³-hybridized carbons (Fsp3) is 0.769. The number of rotatable bonds is 5. The number of hydrogen-bond acceptors (Lipinski definition) is 3. The summed E-state index contributed by atoms with van der Waals surface area (Å²) in [6.45, 7) is 5.20. The molecule has 1 aliphatic rings. The third kappa shape index (κ3) is 3.40. The topological polar surface area (TPSA) is 122 Å². The summed E-state index contributed by atoms with van der Waals surface area (Å²) in [5, 5.41) is 14.4. The lowest BCUT2D eigenvalue weighted by molar-refractivity contribution is -0.149. The van der Waals surface area contributed by atoms with Gasteiger partial charge in [-0.15, -0.1) is 0 Å². The Morgan fingerprint density at radius 2 is 1.95 bits per heavy atom. The Balaban J connectivity index is 2.78. The minimum atomic E-state index is -0.954. The number of nitrogens with one attached hydrogen (secondary N) is 2. The predicted molar refractivity (Wildman–Crippen MR) is 72.9 cm³/mol. The van der Waals surface area contributed by atoms with E-state index in [1.165, 1.54) is 0 Å². The first kappa shape index (κ1) is 16.3. The molecule has 3 amide bonds. The first-order chi connectivity index (χ1) is 9.18. The average Bonchev–Trinajstić information content (AvgIpc) is 2.68. The number of carboxylic acids is 1. The van der Waals surface area contributed by atoms with Gasteiger partial charge in [0.15, 0.2) is 0 Å². The van der Waals surface area contributed by atoms with Gasteiger partial charge in [0.2, 0.25) is 5.91 Å². The summed E-state index contributed by atoms with van der Waals surface area (Å²) in [4.78, 5) is 34.5. The number of carboxylic acid groups (broad SMARTS) is 1. The third-order valence-corrected chi connectivity index (χ3v) is 4.01. The standard InChI is InChI=1S/C13H23N3O4/c1-7(2)9(16-12(14)20)10(17)15-8-5-4-6-13(8,3)11(18)19/h7-9H,4-6H2,1-3H3,(H,15,17)(H,18,19)(H3,14,16,20). The van der Waals surface area contributed by atoms with E-state index in [0.717, 1.165) is 6.42 Å². The fourth-order valence-corrected chi connectivity index (χ4v) is 2.60. The molecule has 7 heteroatoms. The van der Waals surface area contributed by atoms with Gasteiger partial charge in [0.25, 0.3) is 0 Å². The van der Waals surface area contributed by atoms with E-state index in [0.29, 0.717) is 12.8 Å². The number of amides is 3. The van der Waals surface area contributed by atoms with E-state index < -0.39 is 35.4 Å². The molecule has 0 radical (unpaired) electrons. The molecule has 114 valence electrons. The lowest BCUT2D eigenvalue weighted by Gasteiger charge is -2.30. The van der Waals surface area contributed by atoms with E-state index in [-0.39, 0.29) is 5.92 Å². The molecule has 0 aromatic rings. The van der Waals surface area contributed by atoms with Crippen molar-refractivity contribution in [3.63, 3.8) is 0 Å². The Morgan fingerprint density at radius 3 is 2.40 bits per heavy atom. The van der Waals surface area contributed by atoms with Gasteiger partial charge in [-0.05, 0) is 25.7 Å². The second-order valence-electron chi connectivity index (χ2n) is 5.91. The monoisotopic (exact) mass is 285 g/mol. The first-order valence-electron chi connectivity index (χ1n) is 6.78. The van der Waals surface area contributed by atoms with Crippen LogP contribution in [0.3, 0.4) is 0 Å². The number of carbonyl (C=O) groups is 3. The lowest BCUT2D eigenvalue weighted by Crippen LogP contribution is -2.56. The van der Waals surface area contributed by atoms with Crippen molar-refractivity contribution < 1.29 is 19.5 Å². The molecule has 7 nitrogen and oxygen atoms in total. The summed E-state index contributed by atoms with van der Waals surface area (Å²) in [6, 6.07) is -1.96. The summed E-state index contributed by atoms with van der Waals surface area (Å²) in [5.74, 6) is -1.44. The number of carbonyl (C=O) groups excluding carboxylic acids is 2. The Bertz CT molecular complexity index is 410. The Morgan fingerprint density at radius 1 is 1.35 bits per heavy atom. The van der Waals surface area contributed by atoms with Crippen LogP contribution in [0.4, 0.5) is 4.79 Å². The van der Waals surface area contributed by atoms with Crippen LogP contribution in [0.25, 0.3) is 0 Å². The molecule has 0 aliphatic heterocycles. The molecule has 1 saturated carbocycles. The smallest absolute Gasteiger partial charge is 0.312 e. The highest BCUT2D eigenvalue weighted by Gasteiger charge is 2.46. The van der Waals surface area contributed by atoms with Crippen molar-refractivity contribution in [2.24, 2.45) is 17.1 Å². The van der Waals surface area contributed by atoms with E-state index in [1.54, 1.807) is 20.8 Å². The molecule has 0 heterocycles. The zero-order valence-corrected chi connectivity index (χ0v) is 12.1. The van der Waals surface area contributed by atoms with Crippen LogP contribution in [-0.4, -0.2) is 35.1 Å². The highest BCUT2D eigenvalue weighted by Crippen LogP contribution is 2.38. The molecular weight excluding hydrogens is 262 g/mol. The number of hydrogen-bond donors (Lipinski definition) is 4. The Kier molecular flexibility index (Phi) is 4.97. The molecule has 0 saturated heterocycles. The number of primary amides is 1. The highest BCUT2D eigenvalue weighted by molar-refractivity contribution is 5.87. The van der Waals surface area contributed by atoms with Crippen molar-refractivity contribution in [1.29, 1.82) is 0 Å². The van der Waals surface area contributed by atoms with Crippen molar-refractivity contribution in [1.82, 2.24) is 10.6 Å². The Labute approximate surface area is 118 Å². The molecule has 3 atom stereocenters. The van der Waals surface area contributed by atoms with Gasteiger partial charge >= 0.3 is 12.0 Å². The van der Waals surface area contributed by atoms with Crippen LogP contribution in [0, 0.1) is 11.3 Å². The van der Waals surface area contributed by atoms with Crippen molar-refractivity contribution in [2.75, 3.05) is 0 Å². The molecule has 20 heavy (non-hydrogen) atoms. The van der Waals surface area contributed by atoms with Crippen LogP contribution < -0.4 is 16.4 Å². The van der Waals surface area contributed by atoms with Gasteiger partial charge in [-0.25, -0.2) is 4.79 Å². The number of nitrogens with two attached hydrogens (primary N) is 1. The molecule has 0 aromatic carbocycles. The minimum absolute atomic E-state index is 0.139. The molecule has 0 spiro atoms. The van der Waals surface area contributed by atoms with Gasteiger partial charge in [-0.3, -0.25) is 9.59 Å². The zero-order valence-electron chi connectivity index (χ0n) is 12.1. The quantitative estimate of drug-likeness (QED) is 0.585. The van der Waals surface area contributed by atoms with Crippen molar-refractivity contribution in [3.8, 4) is 0 Å². The molecular formula is C13H23N3O4. The normalized spacial score (nSPS) is 27.1. The summed E-state index contributed by atoms with van der Waals surface area (Å²) in [6.07, 6.45) is 1.90. The van der Waals surface area contributed by atoms with Gasteiger partial charge < -0.3 is 21.5 Å². The summed E-state index contributed by atoms with van der Waals surface area (Å²) in [5.41, 5.74) is 4.10. The molecule has 0 bridgehead atoms. The van der Waals surface area contributed by atoms with Gasteiger partial charge in [-0.2, -0.15) is 0 Å². The predicted octanol–water partition coefficient (Wildman–Crippen LogP) is 0.439. The van der Waals surface area contributed by atoms with E-state index >= 15 is 0 Å². The Hall–Kier alpha value is -1.79. The van der Waals surface area contributed by atoms with E-state index in [4.69, 9.17) is 5.73 Å². The van der Waals surface area contributed by atoms with Crippen LogP contribution in [0.2, 0.25) is 0 Å². The largest absolute Gasteiger partial charge is 0.481 e. The summed E-state index contributed by atoms with van der Waals surface area (Å²) < 4.78 is 0. The molecule has 5 N–H and O–H groups in total. The highest BCUT2D eigenvalue weighted by atomic mass is 16.4. The third-order valence-electron chi connectivity index (χ3n) is 4.01. The van der Waals surface area contributed by atoms with E-state index in [9.17, 15) is 19.5 Å². The minimum Gasteiger partial charge on any atom is -0.481 e. The van der Waals surface area contributed by atoms with Crippen molar-refractivity contribution in [2.45, 2.75) is 52.1 Å². The molecule has 1 fully saturated rings.